The van der Waals surface area contributed by atoms with Crippen LogP contribution in [0.3, 0.4) is 0 Å². The van der Waals surface area contributed by atoms with E-state index in [1.165, 1.54) is 28.5 Å². The van der Waals surface area contributed by atoms with Gasteiger partial charge in [-0.3, -0.25) is 0 Å². The van der Waals surface area contributed by atoms with Crippen molar-refractivity contribution >= 4 is 48.1 Å². The summed E-state index contributed by atoms with van der Waals surface area (Å²) in [4.78, 5) is 15.7. The predicted molar refractivity (Wildman–Crippen MR) is 158 cm³/mol. The standard InChI is InChI=1S/C27H32N8O4S2/c1-17(2)21-7-8-24(34-15-19(16-34)33(3)40(4,36)37)23-13-29-26(11-22(21)23)31-25-9-10-28-27(32-25)18-12-30-35(14-18)41(38,39)20-5-6-20/h7-14,17,19-20H,5-6,15-16H2,1-4H3,(H,28,29,31,32). The van der Waals surface area contributed by atoms with Crippen molar-refractivity contribution in [3.05, 3.63) is 54.6 Å². The second-order valence-electron chi connectivity index (χ2n) is 11.0. The quantitative estimate of drug-likeness (QED) is 0.306. The van der Waals surface area contributed by atoms with Crippen LogP contribution in [0.15, 0.2) is 49.1 Å². The highest BCUT2D eigenvalue weighted by molar-refractivity contribution is 7.90. The van der Waals surface area contributed by atoms with Gasteiger partial charge in [-0.25, -0.2) is 31.8 Å². The average molecular weight is 597 g/mol. The van der Waals surface area contributed by atoms with Crippen LogP contribution in [0.2, 0.25) is 0 Å². The molecule has 12 nitrogen and oxygen atoms in total. The van der Waals surface area contributed by atoms with Gasteiger partial charge in [-0.1, -0.05) is 19.9 Å². The molecule has 0 spiro atoms. The monoisotopic (exact) mass is 596 g/mol. The van der Waals surface area contributed by atoms with E-state index >= 15 is 0 Å². The van der Waals surface area contributed by atoms with Gasteiger partial charge < -0.3 is 10.2 Å². The van der Waals surface area contributed by atoms with Gasteiger partial charge in [0.15, 0.2) is 5.82 Å². The molecule has 0 radical (unpaired) electrons. The summed E-state index contributed by atoms with van der Waals surface area (Å²) in [6.07, 6.45) is 8.89. The first-order valence-electron chi connectivity index (χ1n) is 13.4. The Bertz CT molecular complexity index is 1850. The molecule has 0 unspecified atom stereocenters. The maximum Gasteiger partial charge on any atom is 0.256 e. The van der Waals surface area contributed by atoms with Crippen molar-refractivity contribution in [1.82, 2.24) is 28.4 Å². The molecule has 216 valence electrons. The second-order valence-corrected chi connectivity index (χ2v) is 15.1. The van der Waals surface area contributed by atoms with E-state index in [9.17, 15) is 16.8 Å². The minimum Gasteiger partial charge on any atom is -0.368 e. The Morgan fingerprint density at radius 2 is 1.76 bits per heavy atom. The fourth-order valence-electron chi connectivity index (χ4n) is 5.02. The molecule has 1 saturated carbocycles. The number of nitrogens with zero attached hydrogens (tertiary/aromatic N) is 7. The van der Waals surface area contributed by atoms with Gasteiger partial charge in [0.25, 0.3) is 10.0 Å². The molecule has 1 aliphatic carbocycles. The number of benzene rings is 1. The minimum absolute atomic E-state index is 0.0633. The molecule has 0 amide bonds. The van der Waals surface area contributed by atoms with E-state index in [0.29, 0.717) is 49.0 Å². The topological polar surface area (TPSA) is 143 Å². The Balaban J connectivity index is 1.26. The molecule has 0 bridgehead atoms. The van der Waals surface area contributed by atoms with Crippen molar-refractivity contribution in [3.63, 3.8) is 0 Å². The van der Waals surface area contributed by atoms with Crippen molar-refractivity contribution in [2.45, 2.75) is 43.9 Å². The van der Waals surface area contributed by atoms with E-state index in [1.54, 1.807) is 19.3 Å². The van der Waals surface area contributed by atoms with E-state index in [2.05, 4.69) is 56.2 Å². The highest BCUT2D eigenvalue weighted by Gasteiger charge is 2.38. The highest BCUT2D eigenvalue weighted by atomic mass is 32.2. The molecule has 3 aromatic heterocycles. The minimum atomic E-state index is -3.47. The molecule has 1 N–H and O–H groups in total. The number of fused-ring (bicyclic) bond motifs is 1. The summed E-state index contributed by atoms with van der Waals surface area (Å²) in [5, 5.41) is 8.98. The third kappa shape index (κ3) is 5.26. The molecule has 2 aliphatic rings. The van der Waals surface area contributed by atoms with Crippen LogP contribution in [-0.2, 0) is 20.0 Å². The molecule has 4 aromatic rings. The van der Waals surface area contributed by atoms with Crippen molar-refractivity contribution in [3.8, 4) is 11.4 Å². The lowest BCUT2D eigenvalue weighted by molar-refractivity contribution is 0.313. The zero-order chi connectivity index (χ0) is 29.1. The molecule has 1 aliphatic heterocycles. The Labute approximate surface area is 239 Å². The van der Waals surface area contributed by atoms with E-state index < -0.39 is 20.0 Å². The van der Waals surface area contributed by atoms with Crippen LogP contribution in [0, 0.1) is 0 Å². The number of anilines is 3. The molecule has 1 saturated heterocycles. The maximum atomic E-state index is 12.5. The molecule has 2 fully saturated rings. The number of hydrogen-bond acceptors (Lipinski definition) is 10. The fraction of sp³-hybridized carbons (Fsp3) is 0.407. The molecule has 1 aromatic carbocycles. The molecular weight excluding hydrogens is 564 g/mol. The Morgan fingerprint density at radius 1 is 1.00 bits per heavy atom. The third-order valence-electron chi connectivity index (χ3n) is 7.71. The lowest BCUT2D eigenvalue weighted by Crippen LogP contribution is -2.59. The van der Waals surface area contributed by atoms with E-state index in [-0.39, 0.29) is 17.2 Å². The van der Waals surface area contributed by atoms with Gasteiger partial charge in [0.2, 0.25) is 10.0 Å². The van der Waals surface area contributed by atoms with E-state index in [0.717, 1.165) is 20.5 Å². The second kappa shape index (κ2) is 10.0. The van der Waals surface area contributed by atoms with Gasteiger partial charge in [0.05, 0.1) is 35.5 Å². The number of likely N-dealkylation sites (N-methyl/N-ethyl adjacent to an activating group) is 1. The number of nitrogens with one attached hydrogen (secondary N) is 1. The first-order valence-corrected chi connectivity index (χ1v) is 16.8. The smallest absolute Gasteiger partial charge is 0.256 e. The Kier molecular flexibility index (Phi) is 6.74. The van der Waals surface area contributed by atoms with Crippen molar-refractivity contribution < 1.29 is 16.8 Å². The molecule has 14 heteroatoms. The summed E-state index contributed by atoms with van der Waals surface area (Å²) in [5.41, 5.74) is 2.70. The molecule has 6 rings (SSSR count). The molecule has 0 atom stereocenters. The number of hydrogen-bond donors (Lipinski definition) is 1. The third-order valence-corrected chi connectivity index (χ3v) is 11.1. The van der Waals surface area contributed by atoms with Gasteiger partial charge in [-0.15, -0.1) is 0 Å². The van der Waals surface area contributed by atoms with Crippen LogP contribution in [0.1, 0.15) is 38.2 Å². The van der Waals surface area contributed by atoms with Crippen LogP contribution < -0.4 is 10.2 Å². The van der Waals surface area contributed by atoms with Crippen LogP contribution in [0.25, 0.3) is 22.2 Å². The summed E-state index contributed by atoms with van der Waals surface area (Å²) in [7, 11) is -5.10. The highest BCUT2D eigenvalue weighted by Crippen LogP contribution is 2.37. The van der Waals surface area contributed by atoms with Crippen LogP contribution in [-0.4, -0.2) is 83.0 Å². The van der Waals surface area contributed by atoms with Gasteiger partial charge in [-0.2, -0.15) is 13.5 Å². The maximum absolute atomic E-state index is 12.5. The molecular formula is C27H32N8O4S2. The zero-order valence-electron chi connectivity index (χ0n) is 23.3. The first-order chi connectivity index (χ1) is 19.4. The van der Waals surface area contributed by atoms with Gasteiger partial charge in [-0.05, 0) is 47.9 Å². The summed E-state index contributed by atoms with van der Waals surface area (Å²) >= 11 is 0. The zero-order valence-corrected chi connectivity index (χ0v) is 24.9. The van der Waals surface area contributed by atoms with E-state index in [1.807, 2.05) is 12.3 Å². The fourth-order valence-corrected chi connectivity index (χ4v) is 7.17. The number of sulfonamides is 1. The molecule has 4 heterocycles. The van der Waals surface area contributed by atoms with Crippen LogP contribution >= 0.6 is 0 Å². The lowest BCUT2D eigenvalue weighted by Gasteiger charge is -2.44. The van der Waals surface area contributed by atoms with Crippen molar-refractivity contribution in [1.29, 1.82) is 0 Å². The number of rotatable bonds is 9. The first kappa shape index (κ1) is 27.5. The average Bonchev–Trinajstić information content (AvgIpc) is 3.64. The van der Waals surface area contributed by atoms with Gasteiger partial charge in [0, 0.05) is 43.6 Å². The largest absolute Gasteiger partial charge is 0.368 e. The Morgan fingerprint density at radius 3 is 2.44 bits per heavy atom. The predicted octanol–water partition coefficient (Wildman–Crippen LogP) is 3.18. The van der Waals surface area contributed by atoms with Crippen LogP contribution in [0.4, 0.5) is 17.3 Å². The normalized spacial score (nSPS) is 16.5. The summed E-state index contributed by atoms with van der Waals surface area (Å²) in [5.74, 6) is 1.74. The van der Waals surface area contributed by atoms with Crippen LogP contribution in [0.5, 0.6) is 0 Å². The molecule has 41 heavy (non-hydrogen) atoms. The summed E-state index contributed by atoms with van der Waals surface area (Å²) in [6.45, 7) is 5.51. The van der Waals surface area contributed by atoms with Gasteiger partial charge in [0.1, 0.15) is 11.6 Å². The lowest BCUT2D eigenvalue weighted by atomic mass is 9.94. The number of pyridine rings is 1. The van der Waals surface area contributed by atoms with Crippen molar-refractivity contribution in [2.24, 2.45) is 0 Å². The number of aromatic nitrogens is 5. The Hall–Kier alpha value is -3.62. The van der Waals surface area contributed by atoms with E-state index in [4.69, 9.17) is 0 Å². The summed E-state index contributed by atoms with van der Waals surface area (Å²) < 4.78 is 51.4. The SMILES string of the molecule is CC(C)c1ccc(N2CC(N(C)S(C)(=O)=O)C2)c2cnc(Nc3ccnc(-c4cnn(S(=O)(=O)C5CC5)c4)n3)cc12. The summed E-state index contributed by atoms with van der Waals surface area (Å²) in [6, 6.07) is 7.86. The van der Waals surface area contributed by atoms with Crippen molar-refractivity contribution in [2.75, 3.05) is 36.6 Å². The van der Waals surface area contributed by atoms with Gasteiger partial charge >= 0.3 is 0 Å².